The second kappa shape index (κ2) is 5.40. The summed E-state index contributed by atoms with van der Waals surface area (Å²) in [7, 11) is 1.63. The molecule has 0 radical (unpaired) electrons. The van der Waals surface area contributed by atoms with Gasteiger partial charge in [0.1, 0.15) is 0 Å². The summed E-state index contributed by atoms with van der Waals surface area (Å²) in [6, 6.07) is -0.105. The molecule has 0 saturated carbocycles. The summed E-state index contributed by atoms with van der Waals surface area (Å²) in [6.07, 6.45) is 2.09. The highest BCUT2D eigenvalue weighted by Crippen LogP contribution is 2.01. The molecule has 0 spiro atoms. The van der Waals surface area contributed by atoms with Crippen molar-refractivity contribution in [3.8, 4) is 0 Å². The third kappa shape index (κ3) is 4.03. The van der Waals surface area contributed by atoms with Crippen LogP contribution in [0.1, 0.15) is 26.2 Å². The average molecular weight is 212 g/mol. The number of tetrazole rings is 1. The van der Waals surface area contributed by atoms with Crippen LogP contribution < -0.4 is 11.1 Å². The Balaban J connectivity index is 2.36. The second-order valence-corrected chi connectivity index (χ2v) is 3.40. The fourth-order valence-corrected chi connectivity index (χ4v) is 1.22. The molecule has 0 aliphatic heterocycles. The molecule has 1 aromatic heterocycles. The molecule has 7 nitrogen and oxygen atoms in total. The zero-order valence-electron chi connectivity index (χ0n) is 8.97. The number of nitrogens with two attached hydrogens (primary N) is 1. The molecule has 1 atom stereocenters. The van der Waals surface area contributed by atoms with Gasteiger partial charge in [-0.25, -0.2) is 0 Å². The number of carbonyl (C=O) groups is 1. The fourth-order valence-electron chi connectivity index (χ4n) is 1.22. The molecule has 0 bridgehead atoms. The molecular weight excluding hydrogens is 196 g/mol. The zero-order chi connectivity index (χ0) is 11.3. The van der Waals surface area contributed by atoms with E-state index in [-0.39, 0.29) is 24.3 Å². The van der Waals surface area contributed by atoms with Crippen molar-refractivity contribution in [2.75, 3.05) is 5.32 Å². The number of anilines is 1. The van der Waals surface area contributed by atoms with Crippen molar-refractivity contribution in [2.24, 2.45) is 12.8 Å². The summed E-state index contributed by atoms with van der Waals surface area (Å²) in [6.45, 7) is 2.03. The molecule has 1 rings (SSSR count). The van der Waals surface area contributed by atoms with E-state index >= 15 is 0 Å². The quantitative estimate of drug-likeness (QED) is 0.696. The number of carbonyl (C=O) groups excluding carboxylic acids is 1. The standard InChI is InChI=1S/C8H16N6O/c1-3-4-6(9)5-7(15)10-8-11-13-14(2)12-8/h6H,3-5,9H2,1-2H3,(H,10,12,15). The van der Waals surface area contributed by atoms with Crippen molar-refractivity contribution in [3.63, 3.8) is 0 Å². The van der Waals surface area contributed by atoms with Crippen molar-refractivity contribution in [1.82, 2.24) is 20.2 Å². The largest absolute Gasteiger partial charge is 0.327 e. The van der Waals surface area contributed by atoms with Gasteiger partial charge in [0, 0.05) is 12.5 Å². The monoisotopic (exact) mass is 212 g/mol. The highest BCUT2D eigenvalue weighted by Gasteiger charge is 2.10. The Bertz CT molecular complexity index is 323. The number of nitrogens with one attached hydrogen (secondary N) is 1. The summed E-state index contributed by atoms with van der Waals surface area (Å²) in [5.74, 6) is 0.0372. The highest BCUT2D eigenvalue weighted by atomic mass is 16.1. The van der Waals surface area contributed by atoms with Gasteiger partial charge in [0.15, 0.2) is 0 Å². The van der Waals surface area contributed by atoms with Crippen molar-refractivity contribution in [3.05, 3.63) is 0 Å². The van der Waals surface area contributed by atoms with E-state index in [2.05, 4.69) is 20.7 Å². The third-order valence-corrected chi connectivity index (χ3v) is 1.87. The predicted octanol–water partition coefficient (Wildman–Crippen LogP) is -0.334. The molecule has 0 aliphatic carbocycles. The Morgan fingerprint density at radius 1 is 1.67 bits per heavy atom. The molecule has 3 N–H and O–H groups in total. The number of nitrogens with zero attached hydrogens (tertiary/aromatic N) is 4. The SMILES string of the molecule is CCCC(N)CC(=O)Nc1nnn(C)n1. The second-order valence-electron chi connectivity index (χ2n) is 3.40. The molecule has 7 heteroatoms. The number of hydrogen-bond donors (Lipinski definition) is 2. The van der Waals surface area contributed by atoms with Crippen LogP contribution in [-0.2, 0) is 11.8 Å². The Morgan fingerprint density at radius 2 is 2.40 bits per heavy atom. The van der Waals surface area contributed by atoms with Gasteiger partial charge in [0.05, 0.1) is 7.05 Å². The highest BCUT2D eigenvalue weighted by molar-refractivity contribution is 5.89. The molecule has 0 aromatic carbocycles. The van der Waals surface area contributed by atoms with Gasteiger partial charge in [-0.1, -0.05) is 18.4 Å². The molecule has 1 aromatic rings. The van der Waals surface area contributed by atoms with Crippen molar-refractivity contribution in [2.45, 2.75) is 32.2 Å². The predicted molar refractivity (Wildman–Crippen MR) is 54.9 cm³/mol. The normalized spacial score (nSPS) is 12.5. The fraction of sp³-hybridized carbons (Fsp3) is 0.750. The van der Waals surface area contributed by atoms with Crippen LogP contribution in [0.4, 0.5) is 5.95 Å². The van der Waals surface area contributed by atoms with Gasteiger partial charge < -0.3 is 5.73 Å². The minimum atomic E-state index is -0.177. The Kier molecular flexibility index (Phi) is 4.17. The van der Waals surface area contributed by atoms with Gasteiger partial charge in [-0.3, -0.25) is 10.1 Å². The van der Waals surface area contributed by atoms with E-state index in [1.165, 1.54) is 4.80 Å². The Labute approximate surface area is 88.0 Å². The molecule has 0 fully saturated rings. The lowest BCUT2D eigenvalue weighted by Crippen LogP contribution is -2.27. The van der Waals surface area contributed by atoms with Gasteiger partial charge in [-0.05, 0) is 11.6 Å². The third-order valence-electron chi connectivity index (χ3n) is 1.87. The van der Waals surface area contributed by atoms with E-state index in [0.29, 0.717) is 0 Å². The van der Waals surface area contributed by atoms with Crippen LogP contribution in [0.5, 0.6) is 0 Å². The average Bonchev–Trinajstić information content (AvgIpc) is 2.51. The lowest BCUT2D eigenvalue weighted by atomic mass is 10.1. The van der Waals surface area contributed by atoms with Gasteiger partial charge in [-0.15, -0.1) is 5.10 Å². The van der Waals surface area contributed by atoms with Gasteiger partial charge >= 0.3 is 0 Å². The summed E-state index contributed by atoms with van der Waals surface area (Å²) < 4.78 is 0. The zero-order valence-corrected chi connectivity index (χ0v) is 8.97. The maximum Gasteiger partial charge on any atom is 0.270 e. The summed E-state index contributed by atoms with van der Waals surface area (Å²) in [4.78, 5) is 12.7. The van der Waals surface area contributed by atoms with Crippen LogP contribution in [0.3, 0.4) is 0 Å². The number of amides is 1. The van der Waals surface area contributed by atoms with Gasteiger partial charge in [0.25, 0.3) is 5.95 Å². The first-order valence-electron chi connectivity index (χ1n) is 4.91. The lowest BCUT2D eigenvalue weighted by molar-refractivity contribution is -0.116. The molecule has 1 amide bonds. The maximum atomic E-state index is 11.4. The van der Waals surface area contributed by atoms with Crippen LogP contribution in [0, 0.1) is 0 Å². The lowest BCUT2D eigenvalue weighted by Gasteiger charge is -2.08. The Morgan fingerprint density at radius 3 is 2.93 bits per heavy atom. The smallest absolute Gasteiger partial charge is 0.270 e. The minimum Gasteiger partial charge on any atom is -0.327 e. The van der Waals surface area contributed by atoms with Gasteiger partial charge in [-0.2, -0.15) is 4.80 Å². The maximum absolute atomic E-state index is 11.4. The number of rotatable bonds is 5. The van der Waals surface area contributed by atoms with E-state index < -0.39 is 0 Å². The topological polar surface area (TPSA) is 98.7 Å². The van der Waals surface area contributed by atoms with Crippen molar-refractivity contribution in [1.29, 1.82) is 0 Å². The molecule has 1 heterocycles. The minimum absolute atomic E-state index is 0.105. The van der Waals surface area contributed by atoms with Crippen LogP contribution >= 0.6 is 0 Å². The summed E-state index contributed by atoms with van der Waals surface area (Å²) in [5, 5.41) is 13.6. The molecule has 1 unspecified atom stereocenters. The van der Waals surface area contributed by atoms with E-state index in [1.54, 1.807) is 7.05 Å². The van der Waals surface area contributed by atoms with E-state index in [0.717, 1.165) is 12.8 Å². The van der Waals surface area contributed by atoms with Crippen molar-refractivity contribution >= 4 is 11.9 Å². The first kappa shape index (κ1) is 11.6. The number of aryl methyl sites for hydroxylation is 1. The van der Waals surface area contributed by atoms with E-state index in [1.807, 2.05) is 6.92 Å². The molecular formula is C8H16N6O. The molecule has 15 heavy (non-hydrogen) atoms. The van der Waals surface area contributed by atoms with Gasteiger partial charge in [0.2, 0.25) is 5.91 Å². The summed E-state index contributed by atoms with van der Waals surface area (Å²) in [5.41, 5.74) is 5.72. The van der Waals surface area contributed by atoms with Crippen LogP contribution in [-0.4, -0.2) is 32.2 Å². The first-order valence-corrected chi connectivity index (χ1v) is 4.91. The van der Waals surface area contributed by atoms with Crippen LogP contribution in [0.15, 0.2) is 0 Å². The Hall–Kier alpha value is -1.50. The van der Waals surface area contributed by atoms with Crippen LogP contribution in [0.2, 0.25) is 0 Å². The van der Waals surface area contributed by atoms with E-state index in [9.17, 15) is 4.79 Å². The number of hydrogen-bond acceptors (Lipinski definition) is 5. The number of aromatic nitrogens is 4. The molecule has 0 aliphatic rings. The first-order chi connectivity index (χ1) is 7.11. The van der Waals surface area contributed by atoms with E-state index in [4.69, 9.17) is 5.73 Å². The van der Waals surface area contributed by atoms with Crippen molar-refractivity contribution < 1.29 is 4.79 Å². The molecule has 84 valence electrons. The summed E-state index contributed by atoms with van der Waals surface area (Å²) >= 11 is 0. The molecule has 0 saturated heterocycles. The van der Waals surface area contributed by atoms with Crippen LogP contribution in [0.25, 0.3) is 0 Å².